The van der Waals surface area contributed by atoms with E-state index in [9.17, 15) is 0 Å². The van der Waals surface area contributed by atoms with Crippen LogP contribution < -0.4 is 11.6 Å². The molecule has 3 nitrogen and oxygen atoms in total. The van der Waals surface area contributed by atoms with Gasteiger partial charge in [0.2, 0.25) is 0 Å². The largest absolute Gasteiger partial charge is 0.403 e. The fraction of sp³-hybridized carbons (Fsp3) is 0.111. The maximum absolute atomic E-state index is 5.74. The molecule has 0 aromatic heterocycles. The average Bonchev–Trinajstić information content (AvgIpc) is 2.09. The molecule has 0 atom stereocenters. The van der Waals surface area contributed by atoms with Crippen molar-refractivity contribution in [3.05, 3.63) is 41.1 Å². The molecule has 0 amide bonds. The van der Waals surface area contributed by atoms with Crippen molar-refractivity contribution in [3.63, 3.8) is 0 Å². The smallest absolute Gasteiger partial charge is 0.0740 e. The van der Waals surface area contributed by atoms with Gasteiger partial charge in [-0.2, -0.15) is 0 Å². The Morgan fingerprint density at radius 1 is 1.38 bits per heavy atom. The minimum absolute atomic E-state index is 0.694. The van der Waals surface area contributed by atoms with E-state index in [1.807, 2.05) is 12.1 Å². The summed E-state index contributed by atoms with van der Waals surface area (Å²) in [6.45, 7) is 0. The summed E-state index contributed by atoms with van der Waals surface area (Å²) in [5.41, 5.74) is 7.13. The van der Waals surface area contributed by atoms with Gasteiger partial charge in [0.15, 0.2) is 0 Å². The Morgan fingerprint density at radius 2 is 1.92 bits per heavy atom. The molecule has 13 heavy (non-hydrogen) atoms. The molecule has 4 heteroatoms. The first-order valence-corrected chi connectivity index (χ1v) is 4.19. The van der Waals surface area contributed by atoms with Crippen LogP contribution in [-0.4, -0.2) is 12.1 Å². The molecule has 0 bridgehead atoms. The van der Waals surface area contributed by atoms with E-state index < -0.39 is 0 Å². The highest BCUT2D eigenvalue weighted by atomic mass is 35.5. The minimum atomic E-state index is 0.694. The van der Waals surface area contributed by atoms with E-state index in [0.29, 0.717) is 5.02 Å². The predicted octanol–water partition coefficient (Wildman–Crippen LogP) is 1.40. The quantitative estimate of drug-likeness (QED) is 0.557. The van der Waals surface area contributed by atoms with Crippen LogP contribution in [0.2, 0.25) is 5.02 Å². The van der Waals surface area contributed by atoms with Gasteiger partial charge in [-0.1, -0.05) is 23.7 Å². The van der Waals surface area contributed by atoms with E-state index in [1.54, 1.807) is 19.2 Å². The third-order valence-corrected chi connectivity index (χ3v) is 1.93. The van der Waals surface area contributed by atoms with Gasteiger partial charge < -0.3 is 10.7 Å². The van der Waals surface area contributed by atoms with E-state index in [4.69, 9.17) is 23.2 Å². The molecule has 0 fully saturated rings. The fourth-order valence-corrected chi connectivity index (χ4v) is 1.16. The van der Waals surface area contributed by atoms with E-state index >= 15 is 0 Å². The van der Waals surface area contributed by atoms with Gasteiger partial charge in [0, 0.05) is 23.8 Å². The van der Waals surface area contributed by atoms with Gasteiger partial charge >= 0.3 is 0 Å². The van der Waals surface area contributed by atoms with Crippen LogP contribution in [0.25, 0.3) is 5.70 Å². The number of halogens is 1. The van der Waals surface area contributed by atoms with Gasteiger partial charge in [0.25, 0.3) is 0 Å². The predicted molar refractivity (Wildman–Crippen MR) is 55.6 cm³/mol. The molecular formula is C9H12ClN3. The van der Waals surface area contributed by atoms with E-state index in [-0.39, 0.29) is 0 Å². The number of hydrazine groups is 1. The van der Waals surface area contributed by atoms with Crippen molar-refractivity contribution in [2.75, 3.05) is 7.05 Å². The topological polar surface area (TPSA) is 55.3 Å². The lowest BCUT2D eigenvalue weighted by Gasteiger charge is -2.15. The molecule has 0 radical (unpaired) electrons. The minimum Gasteiger partial charge on any atom is -0.403 e. The third-order valence-electron chi connectivity index (χ3n) is 1.68. The number of hydrogen-bond donors (Lipinski definition) is 2. The first-order valence-electron chi connectivity index (χ1n) is 3.81. The summed E-state index contributed by atoms with van der Waals surface area (Å²) in [5.74, 6) is 5.57. The standard InChI is InChI=1S/C9H12ClN3/c1-13(12)9(6-11)7-2-4-8(10)5-3-7/h2-6H,11-12H2,1H3/b9-6-. The van der Waals surface area contributed by atoms with Gasteiger partial charge in [-0.15, -0.1) is 0 Å². The molecule has 0 saturated carbocycles. The molecule has 0 aliphatic carbocycles. The molecule has 4 N–H and O–H groups in total. The van der Waals surface area contributed by atoms with Crippen molar-refractivity contribution in [3.8, 4) is 0 Å². The normalized spacial score (nSPS) is 11.5. The molecule has 1 aromatic rings. The molecule has 0 unspecified atom stereocenters. The van der Waals surface area contributed by atoms with Crippen molar-refractivity contribution < 1.29 is 0 Å². The van der Waals surface area contributed by atoms with Crippen molar-refractivity contribution in [2.45, 2.75) is 0 Å². The summed E-state index contributed by atoms with van der Waals surface area (Å²) >= 11 is 5.74. The monoisotopic (exact) mass is 197 g/mol. The zero-order chi connectivity index (χ0) is 9.84. The second kappa shape index (κ2) is 4.16. The van der Waals surface area contributed by atoms with Crippen molar-refractivity contribution in [1.29, 1.82) is 0 Å². The summed E-state index contributed by atoms with van der Waals surface area (Å²) in [4.78, 5) is 0. The molecule has 0 spiro atoms. The SMILES string of the molecule is CN(N)/C(=C\N)c1ccc(Cl)cc1. The Bertz CT molecular complexity index is 303. The molecule has 0 saturated heterocycles. The second-order valence-corrected chi connectivity index (χ2v) is 3.11. The lowest BCUT2D eigenvalue weighted by atomic mass is 10.1. The third kappa shape index (κ3) is 2.37. The number of nitrogens with zero attached hydrogens (tertiary/aromatic N) is 1. The lowest BCUT2D eigenvalue weighted by Crippen LogP contribution is -2.24. The van der Waals surface area contributed by atoms with Crippen LogP contribution >= 0.6 is 11.6 Å². The number of benzene rings is 1. The Kier molecular flexibility index (Phi) is 3.17. The number of rotatable bonds is 2. The van der Waals surface area contributed by atoms with Crippen LogP contribution in [-0.2, 0) is 0 Å². The van der Waals surface area contributed by atoms with Crippen LogP contribution in [0.3, 0.4) is 0 Å². The lowest BCUT2D eigenvalue weighted by molar-refractivity contribution is 0.510. The van der Waals surface area contributed by atoms with Crippen LogP contribution in [0, 0.1) is 0 Å². The number of nitrogens with two attached hydrogens (primary N) is 2. The molecular weight excluding hydrogens is 186 g/mol. The summed E-state index contributed by atoms with van der Waals surface area (Å²) < 4.78 is 0. The van der Waals surface area contributed by atoms with Gasteiger partial charge in [-0.05, 0) is 12.1 Å². The Balaban J connectivity index is 3.00. The molecule has 70 valence electrons. The highest BCUT2D eigenvalue weighted by Crippen LogP contribution is 2.17. The van der Waals surface area contributed by atoms with Crippen LogP contribution in [0.1, 0.15) is 5.56 Å². The zero-order valence-electron chi connectivity index (χ0n) is 7.37. The second-order valence-electron chi connectivity index (χ2n) is 2.67. The maximum atomic E-state index is 5.74. The average molecular weight is 198 g/mol. The van der Waals surface area contributed by atoms with Crippen LogP contribution in [0.4, 0.5) is 0 Å². The van der Waals surface area contributed by atoms with Gasteiger partial charge in [-0.25, -0.2) is 5.84 Å². The van der Waals surface area contributed by atoms with E-state index in [1.165, 1.54) is 11.2 Å². The zero-order valence-corrected chi connectivity index (χ0v) is 8.12. The Hall–Kier alpha value is -1.19. The van der Waals surface area contributed by atoms with Crippen LogP contribution in [0.5, 0.6) is 0 Å². The molecule has 1 rings (SSSR count). The first-order chi connectivity index (χ1) is 6.15. The number of hydrogen-bond acceptors (Lipinski definition) is 3. The summed E-state index contributed by atoms with van der Waals surface area (Å²) in [7, 11) is 1.73. The highest BCUT2D eigenvalue weighted by molar-refractivity contribution is 6.30. The first kappa shape index (κ1) is 9.89. The van der Waals surface area contributed by atoms with Gasteiger partial charge in [0.1, 0.15) is 0 Å². The molecule has 0 aliphatic rings. The van der Waals surface area contributed by atoms with Gasteiger partial charge in [-0.3, -0.25) is 0 Å². The van der Waals surface area contributed by atoms with Crippen molar-refractivity contribution in [1.82, 2.24) is 5.01 Å². The summed E-state index contributed by atoms with van der Waals surface area (Å²) in [6.07, 6.45) is 1.46. The van der Waals surface area contributed by atoms with Crippen molar-refractivity contribution in [2.24, 2.45) is 11.6 Å². The highest BCUT2D eigenvalue weighted by Gasteiger charge is 2.02. The van der Waals surface area contributed by atoms with Crippen molar-refractivity contribution >= 4 is 17.3 Å². The fourth-order valence-electron chi connectivity index (χ4n) is 1.04. The molecule has 0 aliphatic heterocycles. The summed E-state index contributed by atoms with van der Waals surface area (Å²) in [6, 6.07) is 7.32. The molecule has 0 heterocycles. The van der Waals surface area contributed by atoms with E-state index in [0.717, 1.165) is 11.3 Å². The van der Waals surface area contributed by atoms with Crippen LogP contribution in [0.15, 0.2) is 30.5 Å². The van der Waals surface area contributed by atoms with Gasteiger partial charge in [0.05, 0.1) is 5.70 Å². The van der Waals surface area contributed by atoms with E-state index in [2.05, 4.69) is 0 Å². The molecule has 1 aromatic carbocycles. The Morgan fingerprint density at radius 3 is 2.31 bits per heavy atom. The maximum Gasteiger partial charge on any atom is 0.0740 e. The summed E-state index contributed by atoms with van der Waals surface area (Å²) in [5, 5.41) is 2.16. The Labute approximate surface area is 82.5 Å².